The van der Waals surface area contributed by atoms with Gasteiger partial charge in [-0.1, -0.05) is 0 Å². The summed E-state index contributed by atoms with van der Waals surface area (Å²) in [5, 5.41) is 16.6. The highest BCUT2D eigenvalue weighted by molar-refractivity contribution is 5.95. The van der Waals surface area contributed by atoms with Gasteiger partial charge < -0.3 is 15.4 Å². The predicted molar refractivity (Wildman–Crippen MR) is 76.1 cm³/mol. The molecule has 0 spiro atoms. The molecule has 110 valence electrons. The molecule has 0 aromatic heterocycles. The molecule has 0 aliphatic rings. The van der Waals surface area contributed by atoms with E-state index in [-0.39, 0.29) is 17.6 Å². The van der Waals surface area contributed by atoms with Crippen LogP contribution < -0.4 is 10.6 Å². The third-order valence-corrected chi connectivity index (χ3v) is 2.61. The standard InChI is InChI=1S/C13H19N3O4/c1-4-14-13(17)10-5-6-12(16(18)19)11(7-10)15-9(2)8-20-3/h5-7,9,15H,4,8H2,1-3H3,(H,14,17). The lowest BCUT2D eigenvalue weighted by Gasteiger charge is -2.15. The maximum atomic E-state index is 11.8. The fourth-order valence-electron chi connectivity index (χ4n) is 1.77. The number of carbonyl (C=O) groups excluding carboxylic acids is 1. The maximum absolute atomic E-state index is 11.8. The number of amides is 1. The summed E-state index contributed by atoms with van der Waals surface area (Å²) >= 11 is 0. The molecule has 2 N–H and O–H groups in total. The maximum Gasteiger partial charge on any atom is 0.292 e. The molecule has 20 heavy (non-hydrogen) atoms. The Morgan fingerprint density at radius 2 is 2.20 bits per heavy atom. The van der Waals surface area contributed by atoms with Crippen molar-refractivity contribution in [3.63, 3.8) is 0 Å². The fourth-order valence-corrected chi connectivity index (χ4v) is 1.77. The molecular formula is C13H19N3O4. The van der Waals surface area contributed by atoms with Gasteiger partial charge >= 0.3 is 0 Å². The molecule has 1 atom stereocenters. The van der Waals surface area contributed by atoms with E-state index in [0.29, 0.717) is 24.4 Å². The highest BCUT2D eigenvalue weighted by Gasteiger charge is 2.18. The number of nitrogens with one attached hydrogen (secondary N) is 2. The summed E-state index contributed by atoms with van der Waals surface area (Å²) < 4.78 is 4.98. The van der Waals surface area contributed by atoms with Gasteiger partial charge in [-0.05, 0) is 26.0 Å². The molecule has 0 saturated heterocycles. The second-order valence-corrected chi connectivity index (χ2v) is 4.35. The molecule has 0 fully saturated rings. The topological polar surface area (TPSA) is 93.5 Å². The lowest BCUT2D eigenvalue weighted by atomic mass is 10.1. The molecule has 0 saturated carbocycles. The first kappa shape index (κ1) is 15.9. The molecule has 0 aliphatic heterocycles. The van der Waals surface area contributed by atoms with Crippen LogP contribution in [0.15, 0.2) is 18.2 Å². The molecule has 1 aromatic rings. The number of hydrogen-bond donors (Lipinski definition) is 2. The van der Waals surface area contributed by atoms with E-state index in [1.807, 2.05) is 13.8 Å². The van der Waals surface area contributed by atoms with Crippen LogP contribution in [0.4, 0.5) is 11.4 Å². The van der Waals surface area contributed by atoms with Crippen molar-refractivity contribution < 1.29 is 14.5 Å². The first-order valence-electron chi connectivity index (χ1n) is 6.31. The van der Waals surface area contributed by atoms with Crippen molar-refractivity contribution in [1.82, 2.24) is 5.32 Å². The van der Waals surface area contributed by atoms with Crippen LogP contribution in [-0.2, 0) is 4.74 Å². The molecule has 7 nitrogen and oxygen atoms in total. The SMILES string of the molecule is CCNC(=O)c1ccc([N+](=O)[O-])c(NC(C)COC)c1. The van der Waals surface area contributed by atoms with Gasteiger partial charge in [0.25, 0.3) is 11.6 Å². The van der Waals surface area contributed by atoms with Crippen molar-refractivity contribution in [1.29, 1.82) is 0 Å². The Bertz CT molecular complexity index is 491. The van der Waals surface area contributed by atoms with Crippen LogP contribution in [0.5, 0.6) is 0 Å². The lowest BCUT2D eigenvalue weighted by Crippen LogP contribution is -2.24. The molecule has 0 heterocycles. The Morgan fingerprint density at radius 3 is 2.75 bits per heavy atom. The first-order valence-corrected chi connectivity index (χ1v) is 6.31. The van der Waals surface area contributed by atoms with E-state index in [4.69, 9.17) is 4.74 Å². The van der Waals surface area contributed by atoms with Crippen LogP contribution in [0.25, 0.3) is 0 Å². The highest BCUT2D eigenvalue weighted by Crippen LogP contribution is 2.26. The monoisotopic (exact) mass is 281 g/mol. The van der Waals surface area contributed by atoms with E-state index in [9.17, 15) is 14.9 Å². The smallest absolute Gasteiger partial charge is 0.292 e. The largest absolute Gasteiger partial charge is 0.383 e. The number of nitrogens with zero attached hydrogens (tertiary/aromatic N) is 1. The third kappa shape index (κ3) is 4.20. The normalized spacial score (nSPS) is 11.8. The Balaban J connectivity index is 3.05. The quantitative estimate of drug-likeness (QED) is 0.587. The van der Waals surface area contributed by atoms with Gasteiger partial charge in [0.15, 0.2) is 0 Å². The molecule has 1 amide bonds. The summed E-state index contributed by atoms with van der Waals surface area (Å²) in [7, 11) is 1.55. The third-order valence-electron chi connectivity index (χ3n) is 2.61. The van der Waals surface area contributed by atoms with Gasteiger partial charge in [-0.25, -0.2) is 0 Å². The molecule has 0 radical (unpaired) electrons. The average molecular weight is 281 g/mol. The molecule has 0 aliphatic carbocycles. The minimum atomic E-state index is -0.483. The second-order valence-electron chi connectivity index (χ2n) is 4.35. The number of nitro groups is 1. The van der Waals surface area contributed by atoms with Crippen molar-refractivity contribution in [2.75, 3.05) is 25.6 Å². The number of nitro benzene ring substituents is 1. The van der Waals surface area contributed by atoms with Crippen LogP contribution >= 0.6 is 0 Å². The van der Waals surface area contributed by atoms with E-state index in [0.717, 1.165) is 0 Å². The van der Waals surface area contributed by atoms with E-state index >= 15 is 0 Å². The Kier molecular flexibility index (Phi) is 5.92. The minimum Gasteiger partial charge on any atom is -0.383 e. The lowest BCUT2D eigenvalue weighted by molar-refractivity contribution is -0.384. The number of benzene rings is 1. The number of carbonyl (C=O) groups is 1. The van der Waals surface area contributed by atoms with Gasteiger partial charge in [-0.3, -0.25) is 14.9 Å². The van der Waals surface area contributed by atoms with Crippen molar-refractivity contribution >= 4 is 17.3 Å². The van der Waals surface area contributed by atoms with E-state index < -0.39 is 4.92 Å². The van der Waals surface area contributed by atoms with Gasteiger partial charge in [-0.2, -0.15) is 0 Å². The van der Waals surface area contributed by atoms with Gasteiger partial charge in [0, 0.05) is 31.3 Å². The average Bonchev–Trinajstić information content (AvgIpc) is 2.38. The highest BCUT2D eigenvalue weighted by atomic mass is 16.6. The van der Waals surface area contributed by atoms with Crippen LogP contribution in [0, 0.1) is 10.1 Å². The Labute approximate surface area is 117 Å². The van der Waals surface area contributed by atoms with Gasteiger partial charge in [0.1, 0.15) is 5.69 Å². The van der Waals surface area contributed by atoms with E-state index in [1.54, 1.807) is 7.11 Å². The summed E-state index contributed by atoms with van der Waals surface area (Å²) in [6, 6.07) is 4.14. The van der Waals surface area contributed by atoms with Gasteiger partial charge in [0.05, 0.1) is 11.5 Å². The summed E-state index contributed by atoms with van der Waals surface area (Å²) in [6.45, 7) is 4.55. The predicted octanol–water partition coefficient (Wildman–Crippen LogP) is 1.79. The first-order chi connectivity index (χ1) is 9.49. The molecule has 0 bridgehead atoms. The molecule has 7 heteroatoms. The van der Waals surface area contributed by atoms with Crippen molar-refractivity contribution in [3.8, 4) is 0 Å². The van der Waals surface area contributed by atoms with Crippen LogP contribution in [0.3, 0.4) is 0 Å². The molecule has 1 rings (SSSR count). The summed E-state index contributed by atoms with van der Waals surface area (Å²) in [6.07, 6.45) is 0. The number of ether oxygens (including phenoxy) is 1. The van der Waals surface area contributed by atoms with Crippen molar-refractivity contribution in [2.45, 2.75) is 19.9 Å². The molecular weight excluding hydrogens is 262 g/mol. The molecule has 1 aromatic carbocycles. The number of rotatable bonds is 7. The Morgan fingerprint density at radius 1 is 1.50 bits per heavy atom. The zero-order valence-electron chi connectivity index (χ0n) is 11.8. The van der Waals surface area contributed by atoms with E-state index in [2.05, 4.69) is 10.6 Å². The second kappa shape index (κ2) is 7.44. The van der Waals surface area contributed by atoms with Gasteiger partial charge in [0.2, 0.25) is 0 Å². The summed E-state index contributed by atoms with van der Waals surface area (Å²) in [5.41, 5.74) is 0.619. The minimum absolute atomic E-state index is 0.0685. The number of methoxy groups -OCH3 is 1. The van der Waals surface area contributed by atoms with Gasteiger partial charge in [-0.15, -0.1) is 0 Å². The van der Waals surface area contributed by atoms with E-state index in [1.165, 1.54) is 18.2 Å². The number of anilines is 1. The van der Waals surface area contributed by atoms with Crippen LogP contribution in [0.2, 0.25) is 0 Å². The summed E-state index contributed by atoms with van der Waals surface area (Å²) in [5.74, 6) is -0.259. The van der Waals surface area contributed by atoms with Crippen LogP contribution in [-0.4, -0.2) is 37.1 Å². The summed E-state index contributed by atoms with van der Waals surface area (Å²) in [4.78, 5) is 22.3. The molecule has 1 unspecified atom stereocenters. The Hall–Kier alpha value is -2.15. The zero-order valence-corrected chi connectivity index (χ0v) is 11.8. The van der Waals surface area contributed by atoms with Crippen LogP contribution in [0.1, 0.15) is 24.2 Å². The van der Waals surface area contributed by atoms with Crippen molar-refractivity contribution in [2.24, 2.45) is 0 Å². The fraction of sp³-hybridized carbons (Fsp3) is 0.462. The zero-order chi connectivity index (χ0) is 15.1. The van der Waals surface area contributed by atoms with Crippen molar-refractivity contribution in [3.05, 3.63) is 33.9 Å². The number of hydrogen-bond acceptors (Lipinski definition) is 5.